The number of nitrogens with one attached hydrogen (secondary N) is 1. The Morgan fingerprint density at radius 1 is 1.13 bits per heavy atom. The number of ether oxygens (including phenoxy) is 2. The van der Waals surface area contributed by atoms with Crippen molar-refractivity contribution in [1.29, 1.82) is 0 Å². The van der Waals surface area contributed by atoms with Crippen molar-refractivity contribution in [3.8, 4) is 5.75 Å². The third kappa shape index (κ3) is 8.03. The number of rotatable bonds is 8. The van der Waals surface area contributed by atoms with Crippen molar-refractivity contribution in [3.05, 3.63) is 29.8 Å². The fraction of sp³-hybridized carbons (Fsp3) is 0.632. The molecule has 4 heteroatoms. The van der Waals surface area contributed by atoms with Crippen molar-refractivity contribution < 1.29 is 14.3 Å². The normalized spacial score (nSPS) is 12.1. The molecule has 0 fully saturated rings. The highest BCUT2D eigenvalue weighted by Crippen LogP contribution is 2.21. The van der Waals surface area contributed by atoms with E-state index in [9.17, 15) is 4.79 Å². The first-order valence-corrected chi connectivity index (χ1v) is 8.19. The molecule has 0 aliphatic heterocycles. The SMILES string of the molecule is COc1cccc(C(=O)NCCC(C)(C)OCCC(C)(C)C)c1. The summed E-state index contributed by atoms with van der Waals surface area (Å²) in [5, 5.41) is 2.94. The van der Waals surface area contributed by atoms with Gasteiger partial charge in [0.05, 0.1) is 12.7 Å². The van der Waals surface area contributed by atoms with Crippen molar-refractivity contribution in [1.82, 2.24) is 5.32 Å². The van der Waals surface area contributed by atoms with Gasteiger partial charge in [-0.25, -0.2) is 0 Å². The van der Waals surface area contributed by atoms with Crippen molar-refractivity contribution >= 4 is 5.91 Å². The average Bonchev–Trinajstić information content (AvgIpc) is 2.45. The first-order valence-electron chi connectivity index (χ1n) is 8.19. The molecule has 1 N–H and O–H groups in total. The number of methoxy groups -OCH3 is 1. The lowest BCUT2D eigenvalue weighted by atomic mass is 9.93. The molecule has 0 saturated carbocycles. The molecule has 0 radical (unpaired) electrons. The van der Waals surface area contributed by atoms with E-state index in [1.54, 1.807) is 19.2 Å². The van der Waals surface area contributed by atoms with Gasteiger partial charge >= 0.3 is 0 Å². The monoisotopic (exact) mass is 321 g/mol. The quantitative estimate of drug-likeness (QED) is 0.786. The summed E-state index contributed by atoms with van der Waals surface area (Å²) in [6.07, 6.45) is 1.79. The maximum atomic E-state index is 12.1. The van der Waals surface area contributed by atoms with E-state index in [0.717, 1.165) is 19.4 Å². The highest BCUT2D eigenvalue weighted by Gasteiger charge is 2.20. The molecule has 0 aliphatic carbocycles. The number of benzene rings is 1. The minimum absolute atomic E-state index is 0.0885. The fourth-order valence-corrected chi connectivity index (χ4v) is 2.05. The summed E-state index contributed by atoms with van der Waals surface area (Å²) in [7, 11) is 1.59. The second kappa shape index (κ2) is 8.34. The number of hydrogen-bond donors (Lipinski definition) is 1. The molecule has 0 unspecified atom stereocenters. The fourth-order valence-electron chi connectivity index (χ4n) is 2.05. The van der Waals surface area contributed by atoms with E-state index in [1.807, 2.05) is 12.1 Å². The summed E-state index contributed by atoms with van der Waals surface area (Å²) in [6.45, 7) is 12.1. The van der Waals surface area contributed by atoms with E-state index in [4.69, 9.17) is 9.47 Å². The molecule has 0 aromatic heterocycles. The summed E-state index contributed by atoms with van der Waals surface area (Å²) >= 11 is 0. The lowest BCUT2D eigenvalue weighted by molar-refractivity contribution is -0.0322. The minimum atomic E-state index is -0.243. The Hall–Kier alpha value is -1.55. The van der Waals surface area contributed by atoms with Crippen LogP contribution in [0.3, 0.4) is 0 Å². The molecular weight excluding hydrogens is 290 g/mol. The zero-order valence-corrected chi connectivity index (χ0v) is 15.4. The Bertz CT molecular complexity index is 504. The van der Waals surface area contributed by atoms with Gasteiger partial charge in [0.2, 0.25) is 0 Å². The number of hydrogen-bond acceptors (Lipinski definition) is 3. The van der Waals surface area contributed by atoms with Crippen LogP contribution >= 0.6 is 0 Å². The molecule has 23 heavy (non-hydrogen) atoms. The van der Waals surface area contributed by atoms with Crippen LogP contribution in [-0.4, -0.2) is 31.8 Å². The van der Waals surface area contributed by atoms with E-state index in [1.165, 1.54) is 0 Å². The maximum Gasteiger partial charge on any atom is 0.251 e. The van der Waals surface area contributed by atoms with Crippen LogP contribution in [0.5, 0.6) is 5.75 Å². The Balaban J connectivity index is 2.38. The molecule has 0 spiro atoms. The molecule has 1 rings (SSSR count). The van der Waals surface area contributed by atoms with Crippen molar-refractivity contribution in [2.24, 2.45) is 5.41 Å². The van der Waals surface area contributed by atoms with Crippen molar-refractivity contribution in [2.45, 2.75) is 53.1 Å². The maximum absolute atomic E-state index is 12.1. The molecule has 0 atom stereocenters. The molecule has 0 bridgehead atoms. The highest BCUT2D eigenvalue weighted by molar-refractivity contribution is 5.94. The molecule has 0 heterocycles. The summed E-state index contributed by atoms with van der Waals surface area (Å²) in [5.74, 6) is 0.595. The van der Waals surface area contributed by atoms with E-state index in [2.05, 4.69) is 39.9 Å². The van der Waals surface area contributed by atoms with E-state index >= 15 is 0 Å². The summed E-state index contributed by atoms with van der Waals surface area (Å²) in [4.78, 5) is 12.1. The van der Waals surface area contributed by atoms with Gasteiger partial charge in [-0.05, 0) is 50.3 Å². The lowest BCUT2D eigenvalue weighted by Crippen LogP contribution is -2.33. The Kier molecular flexibility index (Phi) is 7.07. The highest BCUT2D eigenvalue weighted by atomic mass is 16.5. The Morgan fingerprint density at radius 3 is 2.43 bits per heavy atom. The van der Waals surface area contributed by atoms with Gasteiger partial charge in [-0.1, -0.05) is 26.8 Å². The molecular formula is C19H31NO3. The standard InChI is InChI=1S/C19H31NO3/c1-18(2,3)11-13-23-19(4,5)10-12-20-17(21)15-8-7-9-16(14-15)22-6/h7-9,14H,10-13H2,1-6H3,(H,20,21). The van der Waals surface area contributed by atoms with Crippen LogP contribution in [0.2, 0.25) is 0 Å². The first-order chi connectivity index (χ1) is 10.6. The topological polar surface area (TPSA) is 47.6 Å². The van der Waals surface area contributed by atoms with Gasteiger partial charge in [-0.2, -0.15) is 0 Å². The molecule has 1 amide bonds. The molecule has 4 nitrogen and oxygen atoms in total. The van der Waals surface area contributed by atoms with Gasteiger partial charge in [-0.15, -0.1) is 0 Å². The van der Waals surface area contributed by atoms with Crippen LogP contribution in [0.15, 0.2) is 24.3 Å². The van der Waals surface area contributed by atoms with Crippen LogP contribution in [0, 0.1) is 5.41 Å². The second-order valence-corrected chi connectivity index (χ2v) is 7.66. The van der Waals surface area contributed by atoms with Crippen LogP contribution in [0.25, 0.3) is 0 Å². The van der Waals surface area contributed by atoms with E-state index in [0.29, 0.717) is 17.9 Å². The summed E-state index contributed by atoms with van der Waals surface area (Å²) < 4.78 is 11.1. The number of carbonyl (C=O) groups excluding carboxylic acids is 1. The molecule has 130 valence electrons. The summed E-state index contributed by atoms with van der Waals surface area (Å²) in [5.41, 5.74) is 0.639. The van der Waals surface area contributed by atoms with E-state index in [-0.39, 0.29) is 16.9 Å². The lowest BCUT2D eigenvalue weighted by Gasteiger charge is -2.27. The van der Waals surface area contributed by atoms with Crippen molar-refractivity contribution in [3.63, 3.8) is 0 Å². The largest absolute Gasteiger partial charge is 0.497 e. The van der Waals surface area contributed by atoms with Crippen LogP contribution in [0.1, 0.15) is 57.8 Å². The third-order valence-corrected chi connectivity index (χ3v) is 3.69. The average molecular weight is 321 g/mol. The summed E-state index contributed by atoms with van der Waals surface area (Å²) in [6, 6.07) is 7.15. The van der Waals surface area contributed by atoms with Crippen LogP contribution < -0.4 is 10.1 Å². The molecule has 0 saturated heterocycles. The molecule has 1 aromatic rings. The van der Waals surface area contributed by atoms with Gasteiger partial charge < -0.3 is 14.8 Å². The predicted molar refractivity (Wildman–Crippen MR) is 94.0 cm³/mol. The predicted octanol–water partition coefficient (Wildman–Crippen LogP) is 4.05. The van der Waals surface area contributed by atoms with Gasteiger partial charge in [0.25, 0.3) is 5.91 Å². The Labute approximate surface area is 140 Å². The minimum Gasteiger partial charge on any atom is -0.497 e. The zero-order valence-electron chi connectivity index (χ0n) is 15.4. The van der Waals surface area contributed by atoms with Gasteiger partial charge in [0.15, 0.2) is 0 Å². The molecule has 0 aliphatic rings. The van der Waals surface area contributed by atoms with Crippen molar-refractivity contribution in [2.75, 3.05) is 20.3 Å². The van der Waals surface area contributed by atoms with E-state index < -0.39 is 0 Å². The Morgan fingerprint density at radius 2 is 1.83 bits per heavy atom. The van der Waals surface area contributed by atoms with Gasteiger partial charge in [-0.3, -0.25) is 4.79 Å². The zero-order chi connectivity index (χ0) is 17.5. The van der Waals surface area contributed by atoms with Gasteiger partial charge in [0.1, 0.15) is 5.75 Å². The number of carbonyl (C=O) groups is 1. The van der Waals surface area contributed by atoms with Crippen LogP contribution in [0.4, 0.5) is 0 Å². The second-order valence-electron chi connectivity index (χ2n) is 7.66. The number of amides is 1. The third-order valence-electron chi connectivity index (χ3n) is 3.69. The van der Waals surface area contributed by atoms with Gasteiger partial charge in [0, 0.05) is 18.7 Å². The smallest absolute Gasteiger partial charge is 0.251 e. The first kappa shape index (κ1) is 19.5. The molecule has 1 aromatic carbocycles. The van der Waals surface area contributed by atoms with Crippen LogP contribution in [-0.2, 0) is 4.74 Å².